The third-order valence-corrected chi connectivity index (χ3v) is 4.46. The number of carbonyl (C=O) groups is 2. The maximum absolute atomic E-state index is 11.2. The van der Waals surface area contributed by atoms with E-state index in [1.165, 1.54) is 7.11 Å². The second-order valence-corrected chi connectivity index (χ2v) is 6.32. The number of carbonyl (C=O) groups excluding carboxylic acids is 1. The molecule has 142 valence electrons. The van der Waals surface area contributed by atoms with E-state index in [4.69, 9.17) is 5.11 Å². The van der Waals surface area contributed by atoms with Gasteiger partial charge in [0.05, 0.1) is 20.0 Å². The molecule has 0 aliphatic carbocycles. The molecule has 1 aromatic heterocycles. The zero-order valence-electron chi connectivity index (χ0n) is 15.5. The van der Waals surface area contributed by atoms with Crippen LogP contribution in [0, 0.1) is 0 Å². The van der Waals surface area contributed by atoms with Crippen molar-refractivity contribution in [3.05, 3.63) is 84.1 Å². The van der Waals surface area contributed by atoms with Gasteiger partial charge in [0.15, 0.2) is 0 Å². The number of ether oxygens (including phenoxy) is 1. The van der Waals surface area contributed by atoms with Gasteiger partial charge >= 0.3 is 11.9 Å². The fraction of sp³-hybridized carbons (Fsp3) is 0.130. The van der Waals surface area contributed by atoms with E-state index in [1.54, 1.807) is 6.20 Å². The van der Waals surface area contributed by atoms with Gasteiger partial charge < -0.3 is 14.8 Å². The van der Waals surface area contributed by atoms with Gasteiger partial charge in [-0.3, -0.25) is 9.59 Å². The van der Waals surface area contributed by atoms with Crippen LogP contribution in [-0.2, 0) is 27.2 Å². The molecule has 0 fully saturated rings. The Morgan fingerprint density at radius 2 is 1.54 bits per heavy atom. The lowest BCUT2D eigenvalue weighted by molar-refractivity contribution is -0.140. The zero-order chi connectivity index (χ0) is 19.9. The van der Waals surface area contributed by atoms with Crippen LogP contribution in [0.25, 0.3) is 21.7 Å². The minimum absolute atomic E-state index is 0.0734. The van der Waals surface area contributed by atoms with Gasteiger partial charge in [-0.1, -0.05) is 60.7 Å². The number of H-pyrrole nitrogens is 1. The molecule has 2 N–H and O–H groups in total. The van der Waals surface area contributed by atoms with Crippen LogP contribution in [-0.4, -0.2) is 29.1 Å². The standard InChI is InChI=1S/C13H12O2.C10H9NO2/c1-15-13(14)9-11-7-4-6-10-5-2-3-8-12(10)11;12-10(13)5-7-6-11-9-4-2-1-3-8(7)9/h2-8H,9H2,1H3;1-4,6,11H,5H2,(H,12,13). The average molecular weight is 375 g/mol. The molecule has 0 spiro atoms. The second-order valence-electron chi connectivity index (χ2n) is 6.32. The number of benzene rings is 3. The van der Waals surface area contributed by atoms with Gasteiger partial charge in [-0.25, -0.2) is 0 Å². The summed E-state index contributed by atoms with van der Waals surface area (Å²) in [6.45, 7) is 0. The molecule has 4 rings (SSSR count). The molecule has 0 saturated carbocycles. The summed E-state index contributed by atoms with van der Waals surface area (Å²) in [5.74, 6) is -1.00. The molecule has 0 bridgehead atoms. The van der Waals surface area contributed by atoms with Gasteiger partial charge in [-0.05, 0) is 28.0 Å². The minimum Gasteiger partial charge on any atom is -0.481 e. The topological polar surface area (TPSA) is 79.4 Å². The number of esters is 1. The Labute approximate surface area is 162 Å². The van der Waals surface area contributed by atoms with Crippen molar-refractivity contribution >= 4 is 33.6 Å². The highest BCUT2D eigenvalue weighted by atomic mass is 16.5. The second kappa shape index (κ2) is 8.86. The molecule has 3 aromatic carbocycles. The van der Waals surface area contributed by atoms with E-state index in [0.29, 0.717) is 6.42 Å². The van der Waals surface area contributed by atoms with Gasteiger partial charge in [0.2, 0.25) is 0 Å². The van der Waals surface area contributed by atoms with Crippen molar-refractivity contribution in [2.45, 2.75) is 12.8 Å². The van der Waals surface area contributed by atoms with Crippen molar-refractivity contribution in [3.63, 3.8) is 0 Å². The van der Waals surface area contributed by atoms with Gasteiger partial charge in [0, 0.05) is 17.1 Å². The molecule has 1 heterocycles. The lowest BCUT2D eigenvalue weighted by Gasteiger charge is -2.04. The maximum Gasteiger partial charge on any atom is 0.309 e. The van der Waals surface area contributed by atoms with Crippen LogP contribution in [0.15, 0.2) is 72.9 Å². The number of fused-ring (bicyclic) bond motifs is 2. The van der Waals surface area contributed by atoms with E-state index in [2.05, 4.69) is 9.72 Å². The molecule has 0 atom stereocenters. The predicted octanol–water partition coefficient (Wildman–Crippen LogP) is 4.35. The summed E-state index contributed by atoms with van der Waals surface area (Å²) in [6, 6.07) is 21.7. The maximum atomic E-state index is 11.2. The lowest BCUT2D eigenvalue weighted by Crippen LogP contribution is -2.04. The van der Waals surface area contributed by atoms with Crippen LogP contribution < -0.4 is 0 Å². The lowest BCUT2D eigenvalue weighted by atomic mass is 10.0. The number of aromatic nitrogens is 1. The number of carboxylic acid groups (broad SMARTS) is 1. The first-order valence-corrected chi connectivity index (χ1v) is 8.88. The molecule has 4 aromatic rings. The Balaban J connectivity index is 0.000000162. The Morgan fingerprint density at radius 3 is 2.29 bits per heavy atom. The molecule has 0 aliphatic heterocycles. The van der Waals surface area contributed by atoms with Crippen LogP contribution in [0.4, 0.5) is 0 Å². The molecular formula is C23H21NO4. The number of aliphatic carboxylic acids is 1. The van der Waals surface area contributed by atoms with Crippen molar-refractivity contribution in [1.82, 2.24) is 4.98 Å². The summed E-state index contributed by atoms with van der Waals surface area (Å²) in [4.78, 5) is 24.7. The summed E-state index contributed by atoms with van der Waals surface area (Å²) in [5, 5.41) is 11.9. The van der Waals surface area contributed by atoms with E-state index >= 15 is 0 Å². The summed E-state index contributed by atoms with van der Waals surface area (Å²) in [6.07, 6.45) is 2.15. The monoisotopic (exact) mass is 375 g/mol. The molecule has 0 unspecified atom stereocenters. The molecule has 0 saturated heterocycles. The highest BCUT2D eigenvalue weighted by molar-refractivity contribution is 5.89. The molecular weight excluding hydrogens is 354 g/mol. The van der Waals surface area contributed by atoms with Gasteiger partial charge in [0.25, 0.3) is 0 Å². The first kappa shape index (κ1) is 19.2. The summed E-state index contributed by atoms with van der Waals surface area (Å²) in [5.41, 5.74) is 2.84. The molecule has 5 heteroatoms. The van der Waals surface area contributed by atoms with Crippen LogP contribution in [0.1, 0.15) is 11.1 Å². The first-order valence-electron chi connectivity index (χ1n) is 8.88. The quantitative estimate of drug-likeness (QED) is 0.520. The number of carboxylic acids is 1. The van der Waals surface area contributed by atoms with Crippen LogP contribution in [0.2, 0.25) is 0 Å². The number of hydrogen-bond donors (Lipinski definition) is 2. The highest BCUT2D eigenvalue weighted by Crippen LogP contribution is 2.19. The van der Waals surface area contributed by atoms with Crippen molar-refractivity contribution in [1.29, 1.82) is 0 Å². The van der Waals surface area contributed by atoms with Crippen molar-refractivity contribution in [3.8, 4) is 0 Å². The molecule has 28 heavy (non-hydrogen) atoms. The zero-order valence-corrected chi connectivity index (χ0v) is 15.5. The number of hydrogen-bond acceptors (Lipinski definition) is 3. The average Bonchev–Trinajstić information content (AvgIpc) is 3.11. The normalized spacial score (nSPS) is 10.3. The Bertz CT molecular complexity index is 1110. The first-order chi connectivity index (χ1) is 13.6. The molecule has 0 amide bonds. The van der Waals surface area contributed by atoms with Crippen molar-refractivity contribution in [2.24, 2.45) is 0 Å². The van der Waals surface area contributed by atoms with Gasteiger partial charge in [-0.2, -0.15) is 0 Å². The SMILES string of the molecule is COC(=O)Cc1cccc2ccccc12.O=C(O)Cc1c[nH]c2ccccc12. The van der Waals surface area contributed by atoms with E-state index in [1.807, 2.05) is 66.7 Å². The van der Waals surface area contributed by atoms with Gasteiger partial charge in [-0.15, -0.1) is 0 Å². The van der Waals surface area contributed by atoms with E-state index in [9.17, 15) is 9.59 Å². The predicted molar refractivity (Wildman–Crippen MR) is 109 cm³/mol. The van der Waals surface area contributed by atoms with Crippen LogP contribution in [0.3, 0.4) is 0 Å². The van der Waals surface area contributed by atoms with Crippen LogP contribution in [0.5, 0.6) is 0 Å². The number of methoxy groups -OCH3 is 1. The fourth-order valence-corrected chi connectivity index (χ4v) is 3.12. The largest absolute Gasteiger partial charge is 0.481 e. The van der Waals surface area contributed by atoms with E-state index in [0.717, 1.165) is 32.8 Å². The number of para-hydroxylation sites is 1. The number of rotatable bonds is 4. The molecule has 0 aliphatic rings. The summed E-state index contributed by atoms with van der Waals surface area (Å²) in [7, 11) is 1.41. The Morgan fingerprint density at radius 1 is 0.857 bits per heavy atom. The van der Waals surface area contributed by atoms with Crippen molar-refractivity contribution < 1.29 is 19.4 Å². The van der Waals surface area contributed by atoms with E-state index in [-0.39, 0.29) is 12.4 Å². The Kier molecular flexibility index (Phi) is 6.07. The fourth-order valence-electron chi connectivity index (χ4n) is 3.12. The third kappa shape index (κ3) is 4.57. The highest BCUT2D eigenvalue weighted by Gasteiger charge is 2.06. The molecule has 5 nitrogen and oxygen atoms in total. The summed E-state index contributed by atoms with van der Waals surface area (Å²) < 4.78 is 4.66. The Hall–Kier alpha value is -3.60. The van der Waals surface area contributed by atoms with E-state index < -0.39 is 5.97 Å². The molecule has 0 radical (unpaired) electrons. The number of nitrogens with one attached hydrogen (secondary N) is 1. The number of aromatic amines is 1. The van der Waals surface area contributed by atoms with Gasteiger partial charge in [0.1, 0.15) is 0 Å². The minimum atomic E-state index is -0.801. The summed E-state index contributed by atoms with van der Waals surface area (Å²) >= 11 is 0. The third-order valence-electron chi connectivity index (χ3n) is 4.46. The van der Waals surface area contributed by atoms with Crippen molar-refractivity contribution in [2.75, 3.05) is 7.11 Å². The smallest absolute Gasteiger partial charge is 0.309 e. The van der Waals surface area contributed by atoms with Crippen LogP contribution >= 0.6 is 0 Å².